The second-order valence-corrected chi connectivity index (χ2v) is 3.41. The summed E-state index contributed by atoms with van der Waals surface area (Å²) >= 11 is 0. The van der Waals surface area contributed by atoms with Crippen LogP contribution in [0.15, 0.2) is 22.1 Å². The Bertz CT molecular complexity index is 444. The fourth-order valence-electron chi connectivity index (χ4n) is 1.25. The molecule has 18 heavy (non-hydrogen) atoms. The zero-order valence-corrected chi connectivity index (χ0v) is 10.4. The number of methoxy groups -OCH3 is 1. The average Bonchev–Trinajstić information content (AvgIpc) is 2.35. The Morgan fingerprint density at radius 3 is 3.00 bits per heavy atom. The maximum Gasteiger partial charge on any atom is 0.351 e. The van der Waals surface area contributed by atoms with Gasteiger partial charge in [0.15, 0.2) is 12.0 Å². The molecule has 0 saturated carbocycles. The van der Waals surface area contributed by atoms with Crippen LogP contribution in [0, 0.1) is 0 Å². The monoisotopic (exact) mass is 255 g/mol. The van der Waals surface area contributed by atoms with E-state index in [2.05, 4.69) is 9.98 Å². The van der Waals surface area contributed by atoms with Crippen molar-refractivity contribution in [2.45, 2.75) is 13.2 Å². The molecule has 0 aliphatic heterocycles. The summed E-state index contributed by atoms with van der Waals surface area (Å²) in [6.07, 6.45) is 1.90. The smallest absolute Gasteiger partial charge is 0.351 e. The summed E-state index contributed by atoms with van der Waals surface area (Å²) in [7, 11) is 1.56. The van der Waals surface area contributed by atoms with E-state index in [4.69, 9.17) is 9.47 Å². The Morgan fingerprint density at radius 2 is 2.39 bits per heavy atom. The first-order valence-electron chi connectivity index (χ1n) is 5.51. The first-order valence-corrected chi connectivity index (χ1v) is 5.51. The molecule has 1 heterocycles. The van der Waals surface area contributed by atoms with Crippen molar-refractivity contribution >= 4 is 12.0 Å². The summed E-state index contributed by atoms with van der Waals surface area (Å²) < 4.78 is 11.0. The molecule has 0 aliphatic rings. The number of aromatic nitrogens is 2. The van der Waals surface area contributed by atoms with Gasteiger partial charge in [-0.2, -0.15) is 4.98 Å². The Morgan fingerprint density at radius 1 is 1.61 bits per heavy atom. The van der Waals surface area contributed by atoms with Gasteiger partial charge in [-0.3, -0.25) is 4.57 Å². The van der Waals surface area contributed by atoms with Gasteiger partial charge in [0, 0.05) is 19.5 Å². The first kappa shape index (κ1) is 14.5. The van der Waals surface area contributed by atoms with E-state index in [1.165, 1.54) is 12.4 Å². The van der Waals surface area contributed by atoms with Gasteiger partial charge in [0.2, 0.25) is 0 Å². The molecule has 0 radical (unpaired) electrons. The number of nitrogens with zero attached hydrogens (tertiary/aromatic N) is 3. The fraction of sp³-hybridized carbons (Fsp3) is 0.545. The fourth-order valence-corrected chi connectivity index (χ4v) is 1.25. The van der Waals surface area contributed by atoms with Crippen molar-refractivity contribution in [2.24, 2.45) is 4.99 Å². The van der Waals surface area contributed by atoms with Crippen LogP contribution in [0.5, 0.6) is 0 Å². The number of aliphatic hydroxyl groups excluding tert-OH is 1. The van der Waals surface area contributed by atoms with E-state index in [1.807, 2.05) is 0 Å². The van der Waals surface area contributed by atoms with Crippen LogP contribution in [0.25, 0.3) is 0 Å². The molecule has 100 valence electrons. The largest absolute Gasteiger partial charge is 0.382 e. The molecular weight excluding hydrogens is 238 g/mol. The molecule has 0 bridgehead atoms. The lowest BCUT2D eigenvalue weighted by Crippen LogP contribution is -2.29. The minimum Gasteiger partial charge on any atom is -0.382 e. The van der Waals surface area contributed by atoms with Crippen LogP contribution < -0.4 is 5.69 Å². The molecule has 0 aromatic carbocycles. The van der Waals surface area contributed by atoms with Gasteiger partial charge in [-0.1, -0.05) is 0 Å². The number of aliphatic hydroxyl groups is 1. The maximum absolute atomic E-state index is 11.6. The zero-order valence-electron chi connectivity index (χ0n) is 10.4. The van der Waals surface area contributed by atoms with Gasteiger partial charge in [0.05, 0.1) is 19.8 Å². The maximum atomic E-state index is 11.6. The van der Waals surface area contributed by atoms with Crippen molar-refractivity contribution in [3.05, 3.63) is 22.7 Å². The molecule has 1 aromatic rings. The van der Waals surface area contributed by atoms with Crippen LogP contribution in [-0.4, -0.2) is 47.8 Å². The Labute approximate surface area is 105 Å². The molecule has 0 fully saturated rings. The third-order valence-electron chi connectivity index (χ3n) is 2.10. The van der Waals surface area contributed by atoms with Crippen molar-refractivity contribution in [3.8, 4) is 0 Å². The van der Waals surface area contributed by atoms with Crippen molar-refractivity contribution in [2.75, 3.05) is 26.9 Å². The standard InChI is InChI=1S/C11H17N3O4/c1-3-12-9-4-5-14(11(16)13-9)10(15)8-18-7-6-17-2/h3-5,10,15H,6-8H2,1-2H3/t10-/m0/s1. The molecule has 0 aliphatic carbocycles. The van der Waals surface area contributed by atoms with Crippen molar-refractivity contribution in [1.29, 1.82) is 0 Å². The molecule has 0 spiro atoms. The summed E-state index contributed by atoms with van der Waals surface area (Å²) in [5, 5.41) is 9.74. The number of aliphatic imine (C=N–C) groups is 1. The SMILES string of the molecule is CC=Nc1ccn([C@@H](O)COCCOC)c(=O)n1. The van der Waals surface area contributed by atoms with Crippen LogP contribution in [0.4, 0.5) is 5.82 Å². The van der Waals surface area contributed by atoms with Crippen LogP contribution >= 0.6 is 0 Å². The van der Waals surface area contributed by atoms with E-state index in [9.17, 15) is 9.90 Å². The highest BCUT2D eigenvalue weighted by atomic mass is 16.5. The number of hydrogen-bond acceptors (Lipinski definition) is 6. The normalized spacial score (nSPS) is 13.1. The van der Waals surface area contributed by atoms with Crippen molar-refractivity contribution < 1.29 is 14.6 Å². The predicted molar refractivity (Wildman–Crippen MR) is 66.3 cm³/mol. The Kier molecular flexibility index (Phi) is 6.20. The van der Waals surface area contributed by atoms with Gasteiger partial charge in [-0.05, 0) is 13.0 Å². The zero-order chi connectivity index (χ0) is 13.4. The molecule has 7 nitrogen and oxygen atoms in total. The molecule has 7 heteroatoms. The highest BCUT2D eigenvalue weighted by Gasteiger charge is 2.09. The van der Waals surface area contributed by atoms with Gasteiger partial charge in [0.1, 0.15) is 0 Å². The highest BCUT2D eigenvalue weighted by Crippen LogP contribution is 2.05. The lowest BCUT2D eigenvalue weighted by Gasteiger charge is -2.13. The predicted octanol–water partition coefficient (Wildman–Crippen LogP) is 0.119. The Hall–Kier alpha value is -1.57. The van der Waals surface area contributed by atoms with E-state index in [0.29, 0.717) is 19.0 Å². The highest BCUT2D eigenvalue weighted by molar-refractivity contribution is 5.58. The van der Waals surface area contributed by atoms with E-state index in [0.717, 1.165) is 4.57 Å². The lowest BCUT2D eigenvalue weighted by molar-refractivity contribution is -0.0205. The summed E-state index contributed by atoms with van der Waals surface area (Å²) in [5.74, 6) is 0.311. The molecule has 1 atom stereocenters. The van der Waals surface area contributed by atoms with Gasteiger partial charge >= 0.3 is 5.69 Å². The minimum atomic E-state index is -1.07. The van der Waals surface area contributed by atoms with E-state index < -0.39 is 11.9 Å². The summed E-state index contributed by atoms with van der Waals surface area (Å²) in [6.45, 7) is 2.52. The number of ether oxygens (including phenoxy) is 2. The van der Waals surface area contributed by atoms with Crippen LogP contribution in [-0.2, 0) is 9.47 Å². The van der Waals surface area contributed by atoms with Crippen LogP contribution in [0.1, 0.15) is 13.2 Å². The topological polar surface area (TPSA) is 85.9 Å². The molecule has 0 amide bonds. The van der Waals surface area contributed by atoms with Gasteiger partial charge in [-0.15, -0.1) is 0 Å². The van der Waals surface area contributed by atoms with E-state index >= 15 is 0 Å². The second kappa shape index (κ2) is 7.70. The van der Waals surface area contributed by atoms with Gasteiger partial charge < -0.3 is 14.6 Å². The molecule has 1 rings (SSSR count). The summed E-state index contributed by atoms with van der Waals surface area (Å²) in [4.78, 5) is 19.2. The third-order valence-corrected chi connectivity index (χ3v) is 2.10. The van der Waals surface area contributed by atoms with Crippen molar-refractivity contribution in [3.63, 3.8) is 0 Å². The molecule has 1 N–H and O–H groups in total. The molecule has 1 aromatic heterocycles. The Balaban J connectivity index is 2.63. The van der Waals surface area contributed by atoms with Gasteiger partial charge in [0.25, 0.3) is 0 Å². The molecule has 0 unspecified atom stereocenters. The third kappa shape index (κ3) is 4.36. The number of hydrogen-bond donors (Lipinski definition) is 1. The number of rotatable bonds is 7. The van der Waals surface area contributed by atoms with Crippen LogP contribution in [0.2, 0.25) is 0 Å². The summed E-state index contributed by atoms with van der Waals surface area (Å²) in [6, 6.07) is 1.54. The van der Waals surface area contributed by atoms with E-state index in [-0.39, 0.29) is 6.61 Å². The average molecular weight is 255 g/mol. The second-order valence-electron chi connectivity index (χ2n) is 3.41. The first-order chi connectivity index (χ1) is 8.69. The lowest BCUT2D eigenvalue weighted by atomic mass is 10.5. The quantitative estimate of drug-likeness (QED) is 0.552. The summed E-state index contributed by atoms with van der Waals surface area (Å²) in [5.41, 5.74) is -0.569. The molecular formula is C11H17N3O4. The van der Waals surface area contributed by atoms with Crippen molar-refractivity contribution in [1.82, 2.24) is 9.55 Å². The van der Waals surface area contributed by atoms with E-state index in [1.54, 1.807) is 20.1 Å². The van der Waals surface area contributed by atoms with Gasteiger partial charge in [-0.25, -0.2) is 9.79 Å². The molecule has 0 saturated heterocycles. The van der Waals surface area contributed by atoms with Crippen LogP contribution in [0.3, 0.4) is 0 Å². The minimum absolute atomic E-state index is 0.00133.